The first kappa shape index (κ1) is 10.2. The van der Waals surface area contributed by atoms with E-state index in [-0.39, 0.29) is 5.91 Å². The van der Waals surface area contributed by atoms with Crippen LogP contribution in [0.1, 0.15) is 21.5 Å². The van der Waals surface area contributed by atoms with Gasteiger partial charge in [0, 0.05) is 12.6 Å². The third-order valence-corrected chi connectivity index (χ3v) is 2.84. The fourth-order valence-electron chi connectivity index (χ4n) is 1.96. The Bertz CT molecular complexity index is 374. The van der Waals surface area contributed by atoms with Crippen molar-refractivity contribution in [2.24, 2.45) is 0 Å². The molecule has 1 aliphatic heterocycles. The Morgan fingerprint density at radius 2 is 2.00 bits per heavy atom. The van der Waals surface area contributed by atoms with Gasteiger partial charge in [-0.15, -0.1) is 0 Å². The quantitative estimate of drug-likeness (QED) is 0.708. The molecule has 3 heteroatoms. The zero-order valence-electron chi connectivity index (χ0n) is 8.97. The predicted octanol–water partition coefficient (Wildman–Crippen LogP) is 0.734. The first-order valence-electron chi connectivity index (χ1n) is 5.36. The molecule has 0 saturated heterocycles. The normalized spacial score (nSPS) is 15.3. The number of benzene rings is 1. The van der Waals surface area contributed by atoms with Crippen molar-refractivity contribution in [1.29, 1.82) is 0 Å². The Morgan fingerprint density at radius 3 is 2.73 bits per heavy atom. The van der Waals surface area contributed by atoms with Crippen molar-refractivity contribution in [2.45, 2.75) is 12.8 Å². The van der Waals surface area contributed by atoms with Gasteiger partial charge < -0.3 is 10.6 Å². The summed E-state index contributed by atoms with van der Waals surface area (Å²) in [4.78, 5) is 11.5. The molecule has 1 amide bonds. The van der Waals surface area contributed by atoms with Crippen LogP contribution in [0.2, 0.25) is 0 Å². The van der Waals surface area contributed by atoms with Gasteiger partial charge in [0.25, 0.3) is 5.91 Å². The number of carbonyl (C=O) groups excluding carboxylic acids is 1. The Balaban J connectivity index is 2.31. The third-order valence-electron chi connectivity index (χ3n) is 2.84. The van der Waals surface area contributed by atoms with E-state index in [9.17, 15) is 4.79 Å². The van der Waals surface area contributed by atoms with Crippen molar-refractivity contribution in [1.82, 2.24) is 10.6 Å². The molecule has 0 fully saturated rings. The van der Waals surface area contributed by atoms with Crippen LogP contribution in [0.3, 0.4) is 0 Å². The van der Waals surface area contributed by atoms with Gasteiger partial charge in [-0.2, -0.15) is 0 Å². The summed E-state index contributed by atoms with van der Waals surface area (Å²) in [5.41, 5.74) is 3.44. The Kier molecular flexibility index (Phi) is 3.02. The van der Waals surface area contributed by atoms with Crippen LogP contribution in [-0.4, -0.2) is 26.0 Å². The van der Waals surface area contributed by atoms with Gasteiger partial charge in [-0.05, 0) is 49.2 Å². The Hall–Kier alpha value is -1.35. The molecule has 0 spiro atoms. The number of nitrogens with one attached hydrogen (secondary N) is 2. The second-order valence-electron chi connectivity index (χ2n) is 3.81. The molecule has 2 N–H and O–H groups in total. The minimum Gasteiger partial charge on any atom is -0.355 e. The standard InChI is InChI=1S/C12H16N2O/c1-13-12(15)11-3-2-9-4-6-14-7-5-10(9)8-11/h2-3,8,14H,4-7H2,1H3,(H,13,15). The molecule has 0 atom stereocenters. The largest absolute Gasteiger partial charge is 0.355 e. The highest BCUT2D eigenvalue weighted by molar-refractivity contribution is 5.94. The number of rotatable bonds is 1. The van der Waals surface area contributed by atoms with E-state index >= 15 is 0 Å². The molecule has 0 aliphatic carbocycles. The summed E-state index contributed by atoms with van der Waals surface area (Å²) >= 11 is 0. The van der Waals surface area contributed by atoms with Crippen LogP contribution in [-0.2, 0) is 12.8 Å². The van der Waals surface area contributed by atoms with Crippen LogP contribution in [0, 0.1) is 0 Å². The lowest BCUT2D eigenvalue weighted by Gasteiger charge is -2.07. The van der Waals surface area contributed by atoms with Crippen LogP contribution in [0.25, 0.3) is 0 Å². The first-order valence-corrected chi connectivity index (χ1v) is 5.36. The van der Waals surface area contributed by atoms with Gasteiger partial charge in [-0.25, -0.2) is 0 Å². The minimum atomic E-state index is -0.00462. The average Bonchev–Trinajstić information content (AvgIpc) is 2.51. The number of hydrogen-bond donors (Lipinski definition) is 2. The van der Waals surface area contributed by atoms with Crippen molar-refractivity contribution in [3.05, 3.63) is 34.9 Å². The lowest BCUT2D eigenvalue weighted by molar-refractivity contribution is 0.0963. The molecule has 1 heterocycles. The summed E-state index contributed by atoms with van der Waals surface area (Å²) in [5.74, 6) is -0.00462. The second kappa shape index (κ2) is 4.45. The smallest absolute Gasteiger partial charge is 0.251 e. The van der Waals surface area contributed by atoms with E-state index in [1.54, 1.807) is 7.05 Å². The molecular weight excluding hydrogens is 188 g/mol. The Morgan fingerprint density at radius 1 is 1.27 bits per heavy atom. The van der Waals surface area contributed by atoms with E-state index in [1.807, 2.05) is 12.1 Å². The highest BCUT2D eigenvalue weighted by atomic mass is 16.1. The van der Waals surface area contributed by atoms with E-state index in [0.29, 0.717) is 0 Å². The molecule has 80 valence electrons. The summed E-state index contributed by atoms with van der Waals surface area (Å²) in [5, 5.41) is 6.01. The Labute approximate surface area is 89.9 Å². The number of carbonyl (C=O) groups is 1. The number of amides is 1. The fourth-order valence-corrected chi connectivity index (χ4v) is 1.96. The first-order chi connectivity index (χ1) is 7.31. The van der Waals surface area contributed by atoms with Crippen LogP contribution < -0.4 is 10.6 Å². The zero-order chi connectivity index (χ0) is 10.7. The van der Waals surface area contributed by atoms with Gasteiger partial charge in [0.15, 0.2) is 0 Å². The molecule has 2 rings (SSSR count). The molecule has 0 aromatic heterocycles. The number of hydrogen-bond acceptors (Lipinski definition) is 2. The maximum Gasteiger partial charge on any atom is 0.251 e. The lowest BCUT2D eigenvalue weighted by atomic mass is 10.00. The van der Waals surface area contributed by atoms with Crippen molar-refractivity contribution in [3.8, 4) is 0 Å². The monoisotopic (exact) mass is 204 g/mol. The predicted molar refractivity (Wildman–Crippen MR) is 60.1 cm³/mol. The van der Waals surface area contributed by atoms with E-state index in [4.69, 9.17) is 0 Å². The molecule has 0 bridgehead atoms. The molecule has 15 heavy (non-hydrogen) atoms. The molecule has 0 unspecified atom stereocenters. The van der Waals surface area contributed by atoms with Crippen LogP contribution >= 0.6 is 0 Å². The molecule has 0 radical (unpaired) electrons. The highest BCUT2D eigenvalue weighted by Gasteiger charge is 2.10. The van der Waals surface area contributed by atoms with Gasteiger partial charge in [0.2, 0.25) is 0 Å². The fraction of sp³-hybridized carbons (Fsp3) is 0.417. The minimum absolute atomic E-state index is 0.00462. The van der Waals surface area contributed by atoms with Gasteiger partial charge >= 0.3 is 0 Å². The van der Waals surface area contributed by atoms with Crippen molar-refractivity contribution in [3.63, 3.8) is 0 Å². The molecule has 1 aromatic carbocycles. The molecule has 0 saturated carbocycles. The van der Waals surface area contributed by atoms with Crippen LogP contribution in [0.5, 0.6) is 0 Å². The molecule has 1 aliphatic rings. The zero-order valence-corrected chi connectivity index (χ0v) is 8.97. The van der Waals surface area contributed by atoms with Gasteiger partial charge in [0.1, 0.15) is 0 Å². The van der Waals surface area contributed by atoms with E-state index in [0.717, 1.165) is 31.5 Å². The van der Waals surface area contributed by atoms with Gasteiger partial charge in [-0.3, -0.25) is 4.79 Å². The molecule has 3 nitrogen and oxygen atoms in total. The number of fused-ring (bicyclic) bond motifs is 1. The van der Waals surface area contributed by atoms with Crippen molar-refractivity contribution < 1.29 is 4.79 Å². The molecule has 1 aromatic rings. The van der Waals surface area contributed by atoms with Gasteiger partial charge in [-0.1, -0.05) is 6.07 Å². The van der Waals surface area contributed by atoms with Crippen molar-refractivity contribution >= 4 is 5.91 Å². The topological polar surface area (TPSA) is 41.1 Å². The second-order valence-corrected chi connectivity index (χ2v) is 3.81. The highest BCUT2D eigenvalue weighted by Crippen LogP contribution is 2.15. The SMILES string of the molecule is CNC(=O)c1ccc2c(c1)CCNCC2. The maximum absolute atomic E-state index is 11.5. The van der Waals surface area contributed by atoms with E-state index < -0.39 is 0 Å². The summed E-state index contributed by atoms with van der Waals surface area (Å²) in [6, 6.07) is 6.00. The third kappa shape index (κ3) is 2.18. The van der Waals surface area contributed by atoms with Crippen LogP contribution in [0.15, 0.2) is 18.2 Å². The maximum atomic E-state index is 11.5. The average molecular weight is 204 g/mol. The summed E-state index contributed by atoms with van der Waals surface area (Å²) in [6.45, 7) is 2.04. The summed E-state index contributed by atoms with van der Waals surface area (Å²) in [7, 11) is 1.66. The summed E-state index contributed by atoms with van der Waals surface area (Å²) in [6.07, 6.45) is 2.07. The van der Waals surface area contributed by atoms with Crippen molar-refractivity contribution in [2.75, 3.05) is 20.1 Å². The summed E-state index contributed by atoms with van der Waals surface area (Å²) < 4.78 is 0. The molecular formula is C12H16N2O. The van der Waals surface area contributed by atoms with E-state index in [1.165, 1.54) is 11.1 Å². The lowest BCUT2D eigenvalue weighted by Crippen LogP contribution is -2.18. The van der Waals surface area contributed by atoms with Crippen LogP contribution in [0.4, 0.5) is 0 Å². The van der Waals surface area contributed by atoms with Gasteiger partial charge in [0.05, 0.1) is 0 Å². The van der Waals surface area contributed by atoms with E-state index in [2.05, 4.69) is 16.7 Å².